The maximum absolute atomic E-state index is 13.5. The lowest BCUT2D eigenvalue weighted by Crippen LogP contribution is -2.18. The second-order valence-corrected chi connectivity index (χ2v) is 4.64. The molecule has 0 aliphatic heterocycles. The summed E-state index contributed by atoms with van der Waals surface area (Å²) >= 11 is 0. The Morgan fingerprint density at radius 2 is 1.75 bits per heavy atom. The Morgan fingerprint density at radius 3 is 2.40 bits per heavy atom. The summed E-state index contributed by atoms with van der Waals surface area (Å²) in [6, 6.07) is 7.96. The van der Waals surface area contributed by atoms with Gasteiger partial charge in [-0.15, -0.1) is 0 Å². The highest BCUT2D eigenvalue weighted by molar-refractivity contribution is 5.68. The van der Waals surface area contributed by atoms with Gasteiger partial charge in [0.1, 0.15) is 5.82 Å². The van der Waals surface area contributed by atoms with Crippen molar-refractivity contribution in [2.24, 2.45) is 0 Å². The highest BCUT2D eigenvalue weighted by Gasteiger charge is 2.14. The Bertz CT molecular complexity index is 611. The fourth-order valence-corrected chi connectivity index (χ4v) is 2.24. The fourth-order valence-electron chi connectivity index (χ4n) is 2.24. The van der Waals surface area contributed by atoms with Crippen molar-refractivity contribution in [1.82, 2.24) is 5.32 Å². The van der Waals surface area contributed by atoms with E-state index in [9.17, 15) is 13.2 Å². The van der Waals surface area contributed by atoms with Crippen molar-refractivity contribution >= 4 is 0 Å². The van der Waals surface area contributed by atoms with Gasteiger partial charge in [0.2, 0.25) is 0 Å². The lowest BCUT2D eigenvalue weighted by Gasteiger charge is -2.17. The molecular weight excluding hydrogens is 263 g/mol. The van der Waals surface area contributed by atoms with Gasteiger partial charge in [0.25, 0.3) is 0 Å². The van der Waals surface area contributed by atoms with E-state index >= 15 is 0 Å². The molecule has 2 aromatic rings. The maximum atomic E-state index is 13.5. The molecular formula is C16H16F3N. The predicted octanol–water partition coefficient (Wildman–Crippen LogP) is 4.44. The zero-order chi connectivity index (χ0) is 14.7. The summed E-state index contributed by atoms with van der Waals surface area (Å²) in [6.45, 7) is 4.67. The number of rotatable bonds is 4. The Morgan fingerprint density at radius 1 is 1.00 bits per heavy atom. The third-order valence-electron chi connectivity index (χ3n) is 3.22. The molecule has 0 fully saturated rings. The summed E-state index contributed by atoms with van der Waals surface area (Å²) in [4.78, 5) is 0. The second-order valence-electron chi connectivity index (χ2n) is 4.64. The molecule has 1 N–H and O–H groups in total. The molecule has 0 aliphatic carbocycles. The van der Waals surface area contributed by atoms with E-state index in [-0.39, 0.29) is 6.04 Å². The maximum Gasteiger partial charge on any atom is 0.159 e. The number of hydrogen-bond acceptors (Lipinski definition) is 1. The molecule has 4 heteroatoms. The third kappa shape index (κ3) is 3.02. The highest BCUT2D eigenvalue weighted by Crippen LogP contribution is 2.30. The first-order chi connectivity index (χ1) is 9.52. The minimum atomic E-state index is -0.936. The van der Waals surface area contributed by atoms with Crippen LogP contribution in [-0.2, 0) is 0 Å². The van der Waals surface area contributed by atoms with Gasteiger partial charge < -0.3 is 5.32 Å². The van der Waals surface area contributed by atoms with Crippen LogP contribution in [0.25, 0.3) is 11.1 Å². The van der Waals surface area contributed by atoms with Crippen molar-refractivity contribution in [1.29, 1.82) is 0 Å². The van der Waals surface area contributed by atoms with Gasteiger partial charge in [0, 0.05) is 6.04 Å². The van der Waals surface area contributed by atoms with E-state index in [2.05, 4.69) is 5.32 Å². The first kappa shape index (κ1) is 14.6. The zero-order valence-electron chi connectivity index (χ0n) is 11.4. The molecule has 0 amide bonds. The average molecular weight is 279 g/mol. The Balaban J connectivity index is 2.53. The molecule has 0 spiro atoms. The van der Waals surface area contributed by atoms with E-state index < -0.39 is 17.5 Å². The van der Waals surface area contributed by atoms with Crippen molar-refractivity contribution in [3.8, 4) is 11.1 Å². The monoisotopic (exact) mass is 279 g/mol. The summed E-state index contributed by atoms with van der Waals surface area (Å²) < 4.78 is 39.8. The van der Waals surface area contributed by atoms with E-state index in [0.29, 0.717) is 11.1 Å². The van der Waals surface area contributed by atoms with E-state index in [1.165, 1.54) is 18.2 Å². The van der Waals surface area contributed by atoms with Gasteiger partial charge >= 0.3 is 0 Å². The Labute approximate surface area is 116 Å². The minimum absolute atomic E-state index is 0.0104. The third-order valence-corrected chi connectivity index (χ3v) is 3.22. The predicted molar refractivity (Wildman–Crippen MR) is 73.8 cm³/mol. The topological polar surface area (TPSA) is 12.0 Å². The fraction of sp³-hybridized carbons (Fsp3) is 0.250. The molecule has 0 saturated carbocycles. The summed E-state index contributed by atoms with van der Waals surface area (Å²) in [5.41, 5.74) is 1.87. The van der Waals surface area contributed by atoms with Crippen LogP contribution in [0.5, 0.6) is 0 Å². The van der Waals surface area contributed by atoms with Gasteiger partial charge in [-0.1, -0.05) is 19.1 Å². The van der Waals surface area contributed by atoms with Crippen molar-refractivity contribution in [3.63, 3.8) is 0 Å². The molecule has 0 aromatic heterocycles. The van der Waals surface area contributed by atoms with Crippen LogP contribution in [0.2, 0.25) is 0 Å². The van der Waals surface area contributed by atoms with E-state index in [0.717, 1.165) is 24.2 Å². The van der Waals surface area contributed by atoms with Crippen LogP contribution in [-0.4, -0.2) is 6.54 Å². The number of hydrogen-bond donors (Lipinski definition) is 1. The molecule has 1 nitrogen and oxygen atoms in total. The van der Waals surface area contributed by atoms with Crippen LogP contribution >= 0.6 is 0 Å². The minimum Gasteiger partial charge on any atom is -0.310 e. The summed E-state index contributed by atoms with van der Waals surface area (Å²) in [6.07, 6.45) is 0. The van der Waals surface area contributed by atoms with Crippen LogP contribution in [0, 0.1) is 17.5 Å². The lowest BCUT2D eigenvalue weighted by atomic mass is 9.95. The molecule has 0 aliphatic rings. The largest absolute Gasteiger partial charge is 0.310 e. The number of halogens is 3. The van der Waals surface area contributed by atoms with E-state index in [1.807, 2.05) is 13.8 Å². The molecule has 0 saturated heterocycles. The molecule has 0 bridgehead atoms. The van der Waals surface area contributed by atoms with E-state index in [1.54, 1.807) is 6.07 Å². The van der Waals surface area contributed by atoms with Crippen molar-refractivity contribution in [2.75, 3.05) is 6.54 Å². The van der Waals surface area contributed by atoms with Crippen LogP contribution in [0.15, 0.2) is 36.4 Å². The average Bonchev–Trinajstić information content (AvgIpc) is 2.42. The molecule has 106 valence electrons. The Hall–Kier alpha value is -1.81. The standard InChI is InChI=1S/C16H16F3N/c1-3-20-10(2)13-6-5-12(17)9-14(13)11-4-7-15(18)16(19)8-11/h4-10,20H,3H2,1-2H3. The molecule has 1 unspecified atom stereocenters. The highest BCUT2D eigenvalue weighted by atomic mass is 19.2. The summed E-state index contributed by atoms with van der Waals surface area (Å²) in [5, 5.41) is 3.23. The SMILES string of the molecule is CCNC(C)c1ccc(F)cc1-c1ccc(F)c(F)c1. The van der Waals surface area contributed by atoms with Crippen molar-refractivity contribution in [3.05, 3.63) is 59.4 Å². The van der Waals surface area contributed by atoms with Gasteiger partial charge in [-0.3, -0.25) is 0 Å². The molecule has 20 heavy (non-hydrogen) atoms. The first-order valence-corrected chi connectivity index (χ1v) is 6.51. The second kappa shape index (κ2) is 6.09. The lowest BCUT2D eigenvalue weighted by molar-refractivity contribution is 0.509. The molecule has 0 radical (unpaired) electrons. The van der Waals surface area contributed by atoms with Crippen LogP contribution in [0.3, 0.4) is 0 Å². The molecule has 1 atom stereocenters. The zero-order valence-corrected chi connectivity index (χ0v) is 11.4. The summed E-state index contributed by atoms with van der Waals surface area (Å²) in [7, 11) is 0. The van der Waals surface area contributed by atoms with Gasteiger partial charge in [-0.2, -0.15) is 0 Å². The van der Waals surface area contributed by atoms with E-state index in [4.69, 9.17) is 0 Å². The van der Waals surface area contributed by atoms with Crippen molar-refractivity contribution in [2.45, 2.75) is 19.9 Å². The van der Waals surface area contributed by atoms with Crippen LogP contribution in [0.1, 0.15) is 25.5 Å². The number of benzene rings is 2. The number of nitrogens with one attached hydrogen (secondary N) is 1. The van der Waals surface area contributed by atoms with Gasteiger partial charge in [0.15, 0.2) is 11.6 Å². The molecule has 2 rings (SSSR count). The normalized spacial score (nSPS) is 12.4. The van der Waals surface area contributed by atoms with Gasteiger partial charge in [-0.25, -0.2) is 13.2 Å². The molecule has 0 heterocycles. The summed E-state index contributed by atoms with van der Waals surface area (Å²) in [5.74, 6) is -2.25. The quantitative estimate of drug-likeness (QED) is 0.872. The van der Waals surface area contributed by atoms with Gasteiger partial charge in [0.05, 0.1) is 0 Å². The Kier molecular flexibility index (Phi) is 4.45. The van der Waals surface area contributed by atoms with Gasteiger partial charge in [-0.05, 0) is 54.4 Å². The first-order valence-electron chi connectivity index (χ1n) is 6.51. The van der Waals surface area contributed by atoms with Crippen molar-refractivity contribution < 1.29 is 13.2 Å². The van der Waals surface area contributed by atoms with Crippen LogP contribution < -0.4 is 5.32 Å². The smallest absolute Gasteiger partial charge is 0.159 e. The van der Waals surface area contributed by atoms with Crippen LogP contribution in [0.4, 0.5) is 13.2 Å². The molecule has 2 aromatic carbocycles.